The summed E-state index contributed by atoms with van der Waals surface area (Å²) in [6.07, 6.45) is 5.29. The molecule has 16 heavy (non-hydrogen) atoms. The predicted octanol–water partition coefficient (Wildman–Crippen LogP) is 1.32. The van der Waals surface area contributed by atoms with Gasteiger partial charge >= 0.3 is 0 Å². The molecule has 2 N–H and O–H groups in total. The summed E-state index contributed by atoms with van der Waals surface area (Å²) in [4.78, 5) is 19.4. The van der Waals surface area contributed by atoms with Gasteiger partial charge in [-0.3, -0.25) is 4.79 Å². The van der Waals surface area contributed by atoms with Crippen LogP contribution in [0.15, 0.2) is 4.79 Å². The van der Waals surface area contributed by atoms with Crippen molar-refractivity contribution in [1.29, 1.82) is 0 Å². The molecule has 1 unspecified atom stereocenters. The molecule has 0 amide bonds. The minimum absolute atomic E-state index is 0.0593. The summed E-state index contributed by atoms with van der Waals surface area (Å²) >= 11 is 0. The second-order valence-electron chi connectivity index (χ2n) is 4.45. The van der Waals surface area contributed by atoms with E-state index in [9.17, 15) is 4.79 Å². The summed E-state index contributed by atoms with van der Waals surface area (Å²) in [5, 5.41) is 3.10. The third-order valence-corrected chi connectivity index (χ3v) is 3.30. The lowest BCUT2D eigenvalue weighted by Gasteiger charge is -2.12. The molecule has 0 radical (unpaired) electrons. The van der Waals surface area contributed by atoms with Gasteiger partial charge < -0.3 is 10.3 Å². The topological polar surface area (TPSA) is 57.8 Å². The summed E-state index contributed by atoms with van der Waals surface area (Å²) in [6.45, 7) is 2.00. The van der Waals surface area contributed by atoms with Gasteiger partial charge in [-0.25, -0.2) is 4.98 Å². The highest BCUT2D eigenvalue weighted by molar-refractivity contribution is 5.20. The monoisotopic (exact) mass is 221 g/mol. The van der Waals surface area contributed by atoms with E-state index < -0.39 is 0 Å². The Morgan fingerprint density at radius 1 is 1.31 bits per heavy atom. The first-order valence-electron chi connectivity index (χ1n) is 6.01. The van der Waals surface area contributed by atoms with Crippen LogP contribution < -0.4 is 10.9 Å². The van der Waals surface area contributed by atoms with Crippen LogP contribution in [0.3, 0.4) is 0 Å². The first kappa shape index (κ1) is 11.3. The van der Waals surface area contributed by atoms with Crippen LogP contribution >= 0.6 is 0 Å². The van der Waals surface area contributed by atoms with Crippen LogP contribution in [0.2, 0.25) is 0 Å². The van der Waals surface area contributed by atoms with E-state index in [4.69, 9.17) is 0 Å². The van der Waals surface area contributed by atoms with E-state index in [2.05, 4.69) is 15.3 Å². The highest BCUT2D eigenvalue weighted by Gasteiger charge is 2.16. The Morgan fingerprint density at radius 2 is 2.06 bits per heavy atom. The van der Waals surface area contributed by atoms with Gasteiger partial charge in [-0.15, -0.1) is 0 Å². The van der Waals surface area contributed by atoms with Crippen molar-refractivity contribution in [2.75, 3.05) is 7.05 Å². The average Bonchev–Trinajstić information content (AvgIpc) is 2.53. The molecule has 0 aliphatic heterocycles. The van der Waals surface area contributed by atoms with Crippen molar-refractivity contribution in [2.45, 2.75) is 45.1 Å². The molecular weight excluding hydrogens is 202 g/mol. The van der Waals surface area contributed by atoms with Gasteiger partial charge in [-0.1, -0.05) is 6.42 Å². The second kappa shape index (κ2) is 4.78. The molecular formula is C12H19N3O. The molecule has 1 aromatic heterocycles. The summed E-state index contributed by atoms with van der Waals surface area (Å²) < 4.78 is 0. The number of aromatic nitrogens is 2. The molecule has 0 fully saturated rings. The largest absolute Gasteiger partial charge is 0.311 e. The third kappa shape index (κ3) is 2.16. The number of aromatic amines is 1. The summed E-state index contributed by atoms with van der Waals surface area (Å²) in [7, 11) is 1.87. The maximum atomic E-state index is 11.9. The SMILES string of the molecule is CNC(C)c1nc2c(c(=O)[nH]1)CCCCC2. The molecule has 1 aromatic rings. The van der Waals surface area contributed by atoms with Crippen LogP contribution in [-0.2, 0) is 12.8 Å². The van der Waals surface area contributed by atoms with Crippen molar-refractivity contribution < 1.29 is 0 Å². The first-order valence-corrected chi connectivity index (χ1v) is 6.01. The number of fused-ring (bicyclic) bond motifs is 1. The molecule has 0 aromatic carbocycles. The molecule has 1 atom stereocenters. The first-order chi connectivity index (χ1) is 7.72. The second-order valence-corrected chi connectivity index (χ2v) is 4.45. The summed E-state index contributed by atoms with van der Waals surface area (Å²) in [5.41, 5.74) is 1.98. The molecule has 1 aliphatic carbocycles. The molecule has 0 saturated heterocycles. The molecule has 4 heteroatoms. The zero-order valence-electron chi connectivity index (χ0n) is 9.97. The highest BCUT2D eigenvalue weighted by Crippen LogP contribution is 2.16. The normalized spacial score (nSPS) is 17.6. The number of hydrogen-bond acceptors (Lipinski definition) is 3. The number of hydrogen-bond donors (Lipinski definition) is 2. The van der Waals surface area contributed by atoms with Crippen molar-refractivity contribution in [3.63, 3.8) is 0 Å². The average molecular weight is 221 g/mol. The smallest absolute Gasteiger partial charge is 0.254 e. The number of aryl methyl sites for hydroxylation is 1. The van der Waals surface area contributed by atoms with Gasteiger partial charge in [0.05, 0.1) is 11.7 Å². The van der Waals surface area contributed by atoms with Gasteiger partial charge in [0.15, 0.2) is 0 Å². The Hall–Kier alpha value is -1.16. The standard InChI is InChI=1S/C12H19N3O/c1-8(13-2)11-14-10-7-5-3-4-6-9(10)12(16)15-11/h8,13H,3-7H2,1-2H3,(H,14,15,16). The van der Waals surface area contributed by atoms with Gasteiger partial charge in [-0.2, -0.15) is 0 Å². The van der Waals surface area contributed by atoms with Gasteiger partial charge in [-0.05, 0) is 39.7 Å². The zero-order valence-corrected chi connectivity index (χ0v) is 9.97. The number of nitrogens with one attached hydrogen (secondary N) is 2. The molecule has 0 bridgehead atoms. The molecule has 4 nitrogen and oxygen atoms in total. The summed E-state index contributed by atoms with van der Waals surface area (Å²) in [5.74, 6) is 0.758. The van der Waals surface area contributed by atoms with Crippen LogP contribution in [0.25, 0.3) is 0 Å². The Labute approximate surface area is 95.5 Å². The Morgan fingerprint density at radius 3 is 2.81 bits per heavy atom. The lowest BCUT2D eigenvalue weighted by molar-refractivity contribution is 0.600. The highest BCUT2D eigenvalue weighted by atomic mass is 16.1. The maximum Gasteiger partial charge on any atom is 0.254 e. The fourth-order valence-electron chi connectivity index (χ4n) is 2.14. The van der Waals surface area contributed by atoms with Crippen molar-refractivity contribution >= 4 is 0 Å². The van der Waals surface area contributed by atoms with E-state index in [-0.39, 0.29) is 11.6 Å². The van der Waals surface area contributed by atoms with Crippen LogP contribution in [0.1, 0.15) is 49.3 Å². The van der Waals surface area contributed by atoms with E-state index in [1.807, 2.05) is 14.0 Å². The molecule has 0 spiro atoms. The molecule has 0 saturated carbocycles. The molecule has 1 aliphatic rings. The van der Waals surface area contributed by atoms with Gasteiger partial charge in [0, 0.05) is 5.56 Å². The van der Waals surface area contributed by atoms with Gasteiger partial charge in [0.25, 0.3) is 5.56 Å². The van der Waals surface area contributed by atoms with E-state index >= 15 is 0 Å². The quantitative estimate of drug-likeness (QED) is 0.740. The Bertz CT molecular complexity index is 425. The van der Waals surface area contributed by atoms with Crippen molar-refractivity contribution in [2.24, 2.45) is 0 Å². The lowest BCUT2D eigenvalue weighted by atomic mass is 10.1. The van der Waals surface area contributed by atoms with Crippen LogP contribution in [0.5, 0.6) is 0 Å². The zero-order chi connectivity index (χ0) is 11.5. The van der Waals surface area contributed by atoms with Crippen molar-refractivity contribution in [3.8, 4) is 0 Å². The molecule has 2 rings (SSSR count). The summed E-state index contributed by atoms with van der Waals surface area (Å²) in [6, 6.07) is 0.0984. The predicted molar refractivity (Wildman–Crippen MR) is 63.6 cm³/mol. The number of nitrogens with zero attached hydrogens (tertiary/aromatic N) is 1. The van der Waals surface area contributed by atoms with E-state index in [0.29, 0.717) is 0 Å². The number of H-pyrrole nitrogens is 1. The van der Waals surface area contributed by atoms with Gasteiger partial charge in [0.1, 0.15) is 5.82 Å². The van der Waals surface area contributed by atoms with Crippen molar-refractivity contribution in [3.05, 3.63) is 27.4 Å². The van der Waals surface area contributed by atoms with Crippen LogP contribution in [0, 0.1) is 0 Å². The minimum Gasteiger partial charge on any atom is -0.311 e. The van der Waals surface area contributed by atoms with E-state index in [1.54, 1.807) is 0 Å². The molecule has 88 valence electrons. The Balaban J connectivity index is 2.43. The number of rotatable bonds is 2. The van der Waals surface area contributed by atoms with Gasteiger partial charge in [0.2, 0.25) is 0 Å². The Kier molecular flexibility index (Phi) is 3.39. The third-order valence-electron chi connectivity index (χ3n) is 3.30. The molecule has 1 heterocycles. The van der Waals surface area contributed by atoms with E-state index in [0.717, 1.165) is 42.8 Å². The van der Waals surface area contributed by atoms with E-state index in [1.165, 1.54) is 6.42 Å². The van der Waals surface area contributed by atoms with Crippen LogP contribution in [-0.4, -0.2) is 17.0 Å². The minimum atomic E-state index is 0.0593. The van der Waals surface area contributed by atoms with Crippen molar-refractivity contribution in [1.82, 2.24) is 15.3 Å². The van der Waals surface area contributed by atoms with Crippen LogP contribution in [0.4, 0.5) is 0 Å². The lowest BCUT2D eigenvalue weighted by Crippen LogP contribution is -2.24. The fraction of sp³-hybridized carbons (Fsp3) is 0.667. The maximum absolute atomic E-state index is 11.9. The fourth-order valence-corrected chi connectivity index (χ4v) is 2.14.